The van der Waals surface area contributed by atoms with Gasteiger partial charge in [0.25, 0.3) is 5.91 Å². The Balaban J connectivity index is 1.67. The van der Waals surface area contributed by atoms with E-state index in [1.165, 1.54) is 7.11 Å². The summed E-state index contributed by atoms with van der Waals surface area (Å²) in [6.07, 6.45) is 0.257. The summed E-state index contributed by atoms with van der Waals surface area (Å²) in [7, 11) is 1.28. The van der Waals surface area contributed by atoms with Gasteiger partial charge in [0.15, 0.2) is 0 Å². The monoisotopic (exact) mass is 368 g/mol. The number of esters is 1. The van der Waals surface area contributed by atoms with Crippen molar-refractivity contribution in [3.8, 4) is 11.5 Å². The quantitative estimate of drug-likeness (QED) is 0.625. The average Bonchev–Trinajstić information content (AvgIpc) is 2.96. The van der Waals surface area contributed by atoms with Crippen LogP contribution in [-0.4, -0.2) is 31.1 Å². The molecule has 1 saturated heterocycles. The number of aryl methyl sites for hydroxylation is 1. The molecule has 0 saturated carbocycles. The van der Waals surface area contributed by atoms with Crippen molar-refractivity contribution in [2.45, 2.75) is 25.8 Å². The summed E-state index contributed by atoms with van der Waals surface area (Å²) < 4.78 is 10.3. The van der Waals surface area contributed by atoms with Crippen LogP contribution in [0.15, 0.2) is 48.5 Å². The minimum absolute atomic E-state index is 0.0599. The minimum atomic E-state index is -0.736. The number of nitrogens with one attached hydrogen (secondary N) is 1. The van der Waals surface area contributed by atoms with Crippen molar-refractivity contribution in [3.05, 3.63) is 54.1 Å². The van der Waals surface area contributed by atoms with Crippen LogP contribution in [0.2, 0.25) is 0 Å². The van der Waals surface area contributed by atoms with Crippen molar-refractivity contribution in [1.29, 1.82) is 0 Å². The Kier molecular flexibility index (Phi) is 5.40. The van der Waals surface area contributed by atoms with Gasteiger partial charge in [-0.25, -0.2) is 9.69 Å². The number of carbonyl (C=O) groups excluding carboxylic acids is 3. The normalized spacial score (nSPS) is 16.2. The number of hydrogen-bond acceptors (Lipinski definition) is 5. The molecule has 1 fully saturated rings. The van der Waals surface area contributed by atoms with Crippen molar-refractivity contribution in [1.82, 2.24) is 5.32 Å². The molecular weight excluding hydrogens is 348 g/mol. The number of benzene rings is 2. The van der Waals surface area contributed by atoms with Crippen molar-refractivity contribution < 1.29 is 23.9 Å². The standard InChI is InChI=1S/C20H20N2O5/c1-13-3-7-15(8-4-13)27-16-9-5-14(6-10-16)22-19(24)17(21-20(22)25)11-12-18(23)26-2/h3-10,17H,11-12H2,1-2H3,(H,21,25)/t17-/m1/s1. The number of ether oxygens (including phenoxy) is 2. The minimum Gasteiger partial charge on any atom is -0.469 e. The number of anilines is 1. The fourth-order valence-electron chi connectivity index (χ4n) is 2.74. The molecule has 1 aliphatic rings. The summed E-state index contributed by atoms with van der Waals surface area (Å²) >= 11 is 0. The lowest BCUT2D eigenvalue weighted by Crippen LogP contribution is -2.31. The molecule has 1 heterocycles. The van der Waals surface area contributed by atoms with E-state index in [4.69, 9.17) is 4.74 Å². The maximum Gasteiger partial charge on any atom is 0.329 e. The first kappa shape index (κ1) is 18.4. The van der Waals surface area contributed by atoms with Gasteiger partial charge in [-0.3, -0.25) is 9.59 Å². The van der Waals surface area contributed by atoms with Crippen LogP contribution in [0.1, 0.15) is 18.4 Å². The molecule has 3 amide bonds. The predicted molar refractivity (Wildman–Crippen MR) is 98.8 cm³/mol. The van der Waals surface area contributed by atoms with E-state index in [0.717, 1.165) is 10.5 Å². The second kappa shape index (κ2) is 7.90. The van der Waals surface area contributed by atoms with Crippen molar-refractivity contribution in [3.63, 3.8) is 0 Å². The first-order valence-electron chi connectivity index (χ1n) is 8.54. The molecule has 0 aromatic heterocycles. The van der Waals surface area contributed by atoms with E-state index in [0.29, 0.717) is 17.2 Å². The van der Waals surface area contributed by atoms with Crippen LogP contribution in [0.5, 0.6) is 11.5 Å². The molecule has 7 heteroatoms. The molecule has 0 spiro atoms. The molecule has 1 aliphatic heterocycles. The summed E-state index contributed by atoms with van der Waals surface area (Å²) in [6, 6.07) is 13.1. The van der Waals surface area contributed by atoms with Gasteiger partial charge in [-0.2, -0.15) is 0 Å². The van der Waals surface area contributed by atoms with Crippen molar-refractivity contribution in [2.24, 2.45) is 0 Å². The molecular formula is C20H20N2O5. The van der Waals surface area contributed by atoms with Crippen molar-refractivity contribution in [2.75, 3.05) is 12.0 Å². The van der Waals surface area contributed by atoms with Gasteiger partial charge in [0.05, 0.1) is 12.8 Å². The number of rotatable bonds is 6. The van der Waals surface area contributed by atoms with Crippen LogP contribution >= 0.6 is 0 Å². The third-order valence-corrected chi connectivity index (χ3v) is 4.24. The number of methoxy groups -OCH3 is 1. The first-order chi connectivity index (χ1) is 13.0. The third-order valence-electron chi connectivity index (χ3n) is 4.24. The Labute approximate surface area is 156 Å². The summed E-state index contributed by atoms with van der Waals surface area (Å²) in [6.45, 7) is 2.00. The fraction of sp³-hybridized carbons (Fsp3) is 0.250. The van der Waals surface area contributed by atoms with Crippen LogP contribution in [0.3, 0.4) is 0 Å². The van der Waals surface area contributed by atoms with Crippen LogP contribution in [0.25, 0.3) is 0 Å². The highest BCUT2D eigenvalue weighted by Gasteiger charge is 2.38. The Morgan fingerprint density at radius 3 is 2.22 bits per heavy atom. The molecule has 3 rings (SSSR count). The molecule has 0 bridgehead atoms. The van der Waals surface area contributed by atoms with E-state index in [2.05, 4.69) is 10.1 Å². The zero-order chi connectivity index (χ0) is 19.4. The van der Waals surface area contributed by atoms with Gasteiger partial charge in [0.1, 0.15) is 17.5 Å². The maximum atomic E-state index is 12.5. The van der Waals surface area contributed by atoms with Crippen LogP contribution in [-0.2, 0) is 14.3 Å². The molecule has 2 aromatic rings. The highest BCUT2D eigenvalue weighted by molar-refractivity contribution is 6.21. The summed E-state index contributed by atoms with van der Waals surface area (Å²) in [5, 5.41) is 2.59. The van der Waals surface area contributed by atoms with E-state index in [9.17, 15) is 14.4 Å². The Morgan fingerprint density at radius 2 is 1.63 bits per heavy atom. The maximum absolute atomic E-state index is 12.5. The van der Waals surface area contributed by atoms with Gasteiger partial charge in [-0.15, -0.1) is 0 Å². The van der Waals surface area contributed by atoms with Gasteiger partial charge >= 0.3 is 12.0 Å². The van der Waals surface area contributed by atoms with Gasteiger partial charge < -0.3 is 14.8 Å². The van der Waals surface area contributed by atoms with Crippen LogP contribution in [0, 0.1) is 6.92 Å². The Bertz CT molecular complexity index is 846. The Morgan fingerprint density at radius 1 is 1.04 bits per heavy atom. The van der Waals surface area contributed by atoms with E-state index in [1.54, 1.807) is 24.3 Å². The number of carbonyl (C=O) groups is 3. The van der Waals surface area contributed by atoms with Gasteiger partial charge in [-0.1, -0.05) is 17.7 Å². The molecule has 0 radical (unpaired) electrons. The molecule has 140 valence electrons. The molecule has 27 heavy (non-hydrogen) atoms. The van der Waals surface area contributed by atoms with E-state index in [-0.39, 0.29) is 12.8 Å². The SMILES string of the molecule is COC(=O)CC[C@H]1NC(=O)N(c2ccc(Oc3ccc(C)cc3)cc2)C1=O. The zero-order valence-corrected chi connectivity index (χ0v) is 15.1. The van der Waals surface area contributed by atoms with E-state index < -0.39 is 23.9 Å². The highest BCUT2D eigenvalue weighted by atomic mass is 16.5. The van der Waals surface area contributed by atoms with Gasteiger partial charge in [0, 0.05) is 6.42 Å². The molecule has 0 unspecified atom stereocenters. The van der Waals surface area contributed by atoms with Gasteiger partial charge in [-0.05, 0) is 49.7 Å². The third kappa shape index (κ3) is 4.25. The molecule has 1 N–H and O–H groups in total. The largest absolute Gasteiger partial charge is 0.469 e. The van der Waals surface area contributed by atoms with Gasteiger partial charge in [0.2, 0.25) is 0 Å². The second-order valence-electron chi connectivity index (χ2n) is 6.20. The number of urea groups is 1. The first-order valence-corrected chi connectivity index (χ1v) is 8.54. The lowest BCUT2D eigenvalue weighted by atomic mass is 10.1. The topological polar surface area (TPSA) is 84.9 Å². The number of nitrogens with zero attached hydrogens (tertiary/aromatic N) is 1. The smallest absolute Gasteiger partial charge is 0.329 e. The molecule has 7 nitrogen and oxygen atoms in total. The molecule has 1 atom stereocenters. The molecule has 0 aliphatic carbocycles. The van der Waals surface area contributed by atoms with E-state index >= 15 is 0 Å². The lowest BCUT2D eigenvalue weighted by molar-refractivity contribution is -0.140. The average molecular weight is 368 g/mol. The number of hydrogen-bond donors (Lipinski definition) is 1. The van der Waals surface area contributed by atoms with E-state index in [1.807, 2.05) is 31.2 Å². The summed E-state index contributed by atoms with van der Waals surface area (Å²) in [4.78, 5) is 37.0. The van der Waals surface area contributed by atoms with Crippen LogP contribution < -0.4 is 15.0 Å². The Hall–Kier alpha value is -3.35. The highest BCUT2D eigenvalue weighted by Crippen LogP contribution is 2.27. The van der Waals surface area contributed by atoms with Crippen molar-refractivity contribution >= 4 is 23.6 Å². The summed E-state index contributed by atoms with van der Waals surface area (Å²) in [5.41, 5.74) is 1.58. The predicted octanol–water partition coefficient (Wildman–Crippen LogP) is 3.17. The number of amides is 3. The second-order valence-corrected chi connectivity index (χ2v) is 6.20. The molecule has 2 aromatic carbocycles. The number of imide groups is 1. The zero-order valence-electron chi connectivity index (χ0n) is 15.1. The lowest BCUT2D eigenvalue weighted by Gasteiger charge is -2.14. The fourth-order valence-corrected chi connectivity index (χ4v) is 2.74. The van der Waals surface area contributed by atoms with Crippen LogP contribution in [0.4, 0.5) is 10.5 Å². The summed E-state index contributed by atoms with van der Waals surface area (Å²) in [5.74, 6) is 0.479.